The van der Waals surface area contributed by atoms with E-state index in [4.69, 9.17) is 11.6 Å². The predicted octanol–water partition coefficient (Wildman–Crippen LogP) is 2.77. The summed E-state index contributed by atoms with van der Waals surface area (Å²) >= 11 is 6.02. The molecule has 1 saturated heterocycles. The number of hydrogen-bond acceptors (Lipinski definition) is 3. The van der Waals surface area contributed by atoms with Gasteiger partial charge >= 0.3 is 0 Å². The minimum atomic E-state index is 0. The topological polar surface area (TPSA) is 44.4 Å². The number of rotatable bonds is 5. The summed E-state index contributed by atoms with van der Waals surface area (Å²) in [6.07, 6.45) is 2.91. The van der Waals surface area contributed by atoms with E-state index in [0.717, 1.165) is 19.6 Å². The fraction of sp³-hybridized carbons (Fsp3) is 0.533. The van der Waals surface area contributed by atoms with Gasteiger partial charge in [0.2, 0.25) is 5.91 Å². The number of benzene rings is 1. The summed E-state index contributed by atoms with van der Waals surface area (Å²) in [5.41, 5.74) is 0.686. The van der Waals surface area contributed by atoms with Crippen LogP contribution in [0.25, 0.3) is 0 Å². The minimum Gasteiger partial charge on any atom is -0.325 e. The van der Waals surface area contributed by atoms with E-state index in [-0.39, 0.29) is 18.3 Å². The van der Waals surface area contributed by atoms with Crippen molar-refractivity contribution in [1.29, 1.82) is 0 Å². The highest BCUT2D eigenvalue weighted by molar-refractivity contribution is 6.33. The normalized spacial score (nSPS) is 18.9. The van der Waals surface area contributed by atoms with Crippen LogP contribution < -0.4 is 10.6 Å². The summed E-state index contributed by atoms with van der Waals surface area (Å²) in [5, 5.41) is 6.75. The van der Waals surface area contributed by atoms with Gasteiger partial charge in [0.05, 0.1) is 10.7 Å². The van der Waals surface area contributed by atoms with E-state index in [1.54, 1.807) is 6.07 Å². The first-order valence-corrected chi connectivity index (χ1v) is 7.51. The Morgan fingerprint density at radius 3 is 2.90 bits per heavy atom. The van der Waals surface area contributed by atoms with Crippen molar-refractivity contribution in [3.8, 4) is 0 Å². The van der Waals surface area contributed by atoms with Crippen LogP contribution in [0.15, 0.2) is 24.3 Å². The first-order chi connectivity index (χ1) is 9.69. The van der Waals surface area contributed by atoms with Gasteiger partial charge in [-0.15, -0.1) is 12.4 Å². The molecular formula is C15H23Cl2N3O. The van der Waals surface area contributed by atoms with Crippen LogP contribution in [0.4, 0.5) is 5.69 Å². The molecule has 0 radical (unpaired) electrons. The van der Waals surface area contributed by atoms with E-state index < -0.39 is 0 Å². The molecule has 1 aromatic carbocycles. The molecule has 0 saturated carbocycles. The molecule has 0 aromatic heterocycles. The quantitative estimate of drug-likeness (QED) is 0.871. The zero-order valence-electron chi connectivity index (χ0n) is 12.3. The molecule has 2 rings (SSSR count). The maximum Gasteiger partial charge on any atom is 0.225 e. The fourth-order valence-corrected chi connectivity index (χ4v) is 2.71. The number of likely N-dealkylation sites (N-methyl/N-ethyl adjacent to an activating group) is 1. The molecule has 1 heterocycles. The highest BCUT2D eigenvalue weighted by atomic mass is 35.5. The zero-order valence-corrected chi connectivity index (χ0v) is 13.8. The zero-order chi connectivity index (χ0) is 14.4. The lowest BCUT2D eigenvalue weighted by Crippen LogP contribution is -2.45. The van der Waals surface area contributed by atoms with E-state index in [9.17, 15) is 4.79 Å². The van der Waals surface area contributed by atoms with E-state index in [1.807, 2.05) is 25.2 Å². The van der Waals surface area contributed by atoms with Gasteiger partial charge in [-0.1, -0.05) is 23.7 Å². The highest BCUT2D eigenvalue weighted by Crippen LogP contribution is 2.20. The Morgan fingerprint density at radius 2 is 2.19 bits per heavy atom. The van der Waals surface area contributed by atoms with Crippen LogP contribution in [-0.4, -0.2) is 43.5 Å². The van der Waals surface area contributed by atoms with Crippen LogP contribution in [0.5, 0.6) is 0 Å². The number of piperidine rings is 1. The molecule has 4 nitrogen and oxygen atoms in total. The maximum atomic E-state index is 11.9. The molecule has 1 aromatic rings. The summed E-state index contributed by atoms with van der Waals surface area (Å²) < 4.78 is 0. The lowest BCUT2D eigenvalue weighted by molar-refractivity contribution is -0.116. The van der Waals surface area contributed by atoms with Gasteiger partial charge in [0.25, 0.3) is 0 Å². The third kappa shape index (κ3) is 5.83. The molecule has 1 aliphatic heterocycles. The van der Waals surface area contributed by atoms with Gasteiger partial charge in [-0.05, 0) is 38.6 Å². The van der Waals surface area contributed by atoms with E-state index >= 15 is 0 Å². The molecule has 2 N–H and O–H groups in total. The average molecular weight is 332 g/mol. The Morgan fingerprint density at radius 1 is 1.43 bits per heavy atom. The van der Waals surface area contributed by atoms with E-state index in [1.165, 1.54) is 12.8 Å². The van der Waals surface area contributed by atoms with Crippen LogP contribution in [-0.2, 0) is 4.79 Å². The number of amides is 1. The second-order valence-corrected chi connectivity index (χ2v) is 5.61. The molecule has 1 amide bonds. The van der Waals surface area contributed by atoms with E-state index in [2.05, 4.69) is 15.5 Å². The largest absolute Gasteiger partial charge is 0.325 e. The molecule has 1 aliphatic rings. The molecular weight excluding hydrogens is 309 g/mol. The maximum absolute atomic E-state index is 11.9. The second kappa shape index (κ2) is 9.26. The third-order valence-electron chi connectivity index (χ3n) is 3.72. The van der Waals surface area contributed by atoms with Crippen molar-refractivity contribution >= 4 is 35.6 Å². The summed E-state index contributed by atoms with van der Waals surface area (Å²) in [4.78, 5) is 14.3. The average Bonchev–Trinajstić information content (AvgIpc) is 2.48. The van der Waals surface area contributed by atoms with Crippen molar-refractivity contribution < 1.29 is 4.79 Å². The molecule has 1 unspecified atom stereocenters. The first kappa shape index (κ1) is 18.2. The molecule has 0 spiro atoms. The molecule has 0 bridgehead atoms. The lowest BCUT2D eigenvalue weighted by atomic mass is 10.1. The SMILES string of the molecule is CNC1CCCN(CCC(=O)Nc2ccccc2Cl)C1.Cl. The van der Waals surface area contributed by atoms with Gasteiger partial charge in [0, 0.05) is 25.6 Å². The lowest BCUT2D eigenvalue weighted by Gasteiger charge is -2.32. The predicted molar refractivity (Wildman–Crippen MR) is 90.5 cm³/mol. The Kier molecular flexibility index (Phi) is 8.04. The minimum absolute atomic E-state index is 0. The van der Waals surface area contributed by atoms with Crippen LogP contribution in [0, 0.1) is 0 Å². The smallest absolute Gasteiger partial charge is 0.225 e. The molecule has 0 aliphatic carbocycles. The standard InChI is InChI=1S/C15H22ClN3O.ClH/c1-17-12-5-4-9-19(11-12)10-8-15(20)18-14-7-3-2-6-13(14)16;/h2-3,6-7,12,17H,4-5,8-11H2,1H3,(H,18,20);1H. The van der Waals surface area contributed by atoms with Gasteiger partial charge in [0.15, 0.2) is 0 Å². The van der Waals surface area contributed by atoms with Crippen LogP contribution in [0.3, 0.4) is 0 Å². The molecule has 1 atom stereocenters. The van der Waals surface area contributed by atoms with Gasteiger partial charge in [-0.3, -0.25) is 4.79 Å². The second-order valence-electron chi connectivity index (χ2n) is 5.21. The summed E-state index contributed by atoms with van der Waals surface area (Å²) in [6.45, 7) is 2.90. The number of carbonyl (C=O) groups is 1. The Bertz CT molecular complexity index is 456. The number of nitrogens with zero attached hydrogens (tertiary/aromatic N) is 1. The summed E-state index contributed by atoms with van der Waals surface area (Å²) in [7, 11) is 2.00. The van der Waals surface area contributed by atoms with Crippen molar-refractivity contribution in [2.24, 2.45) is 0 Å². The summed E-state index contributed by atoms with van der Waals surface area (Å²) in [5.74, 6) is 0.0182. The van der Waals surface area contributed by atoms with Crippen molar-refractivity contribution in [3.63, 3.8) is 0 Å². The molecule has 6 heteroatoms. The number of anilines is 1. The molecule has 1 fully saturated rings. The Labute approximate surface area is 137 Å². The number of nitrogens with one attached hydrogen (secondary N) is 2. The van der Waals surface area contributed by atoms with Crippen molar-refractivity contribution in [1.82, 2.24) is 10.2 Å². The number of hydrogen-bond donors (Lipinski definition) is 2. The van der Waals surface area contributed by atoms with Crippen LogP contribution >= 0.6 is 24.0 Å². The Hall–Kier alpha value is -0.810. The van der Waals surface area contributed by atoms with Gasteiger partial charge < -0.3 is 15.5 Å². The van der Waals surface area contributed by atoms with Crippen LogP contribution in [0.2, 0.25) is 5.02 Å². The van der Waals surface area contributed by atoms with Gasteiger partial charge in [-0.25, -0.2) is 0 Å². The number of likely N-dealkylation sites (tertiary alicyclic amines) is 1. The van der Waals surface area contributed by atoms with Gasteiger partial charge in [-0.2, -0.15) is 0 Å². The number of para-hydroxylation sites is 1. The van der Waals surface area contributed by atoms with Crippen LogP contribution in [0.1, 0.15) is 19.3 Å². The van der Waals surface area contributed by atoms with Gasteiger partial charge in [0.1, 0.15) is 0 Å². The van der Waals surface area contributed by atoms with E-state index in [0.29, 0.717) is 23.2 Å². The number of halogens is 2. The highest BCUT2D eigenvalue weighted by Gasteiger charge is 2.18. The molecule has 118 valence electrons. The molecule has 21 heavy (non-hydrogen) atoms. The van der Waals surface area contributed by atoms with Crippen molar-refractivity contribution in [3.05, 3.63) is 29.3 Å². The monoisotopic (exact) mass is 331 g/mol. The Balaban J connectivity index is 0.00000220. The van der Waals surface area contributed by atoms with Crippen molar-refractivity contribution in [2.45, 2.75) is 25.3 Å². The fourth-order valence-electron chi connectivity index (χ4n) is 2.53. The summed E-state index contributed by atoms with van der Waals surface area (Å²) in [6, 6.07) is 7.86. The first-order valence-electron chi connectivity index (χ1n) is 7.13. The third-order valence-corrected chi connectivity index (χ3v) is 4.05. The number of carbonyl (C=O) groups excluding carboxylic acids is 1. The van der Waals surface area contributed by atoms with Crippen molar-refractivity contribution in [2.75, 3.05) is 32.0 Å².